The fourth-order valence-electron chi connectivity index (χ4n) is 1.89. The summed E-state index contributed by atoms with van der Waals surface area (Å²) in [6.07, 6.45) is 6.12. The lowest BCUT2D eigenvalue weighted by molar-refractivity contribution is 0.596. The molecular weight excluding hydrogens is 268 g/mol. The molecule has 1 aromatic rings. The summed E-state index contributed by atoms with van der Waals surface area (Å²) in [4.78, 5) is 0. The van der Waals surface area contributed by atoms with Gasteiger partial charge in [0.25, 0.3) is 0 Å². The average Bonchev–Trinajstić information content (AvgIpc) is 2.29. The molecule has 0 aliphatic carbocycles. The molecule has 0 bridgehead atoms. The van der Waals surface area contributed by atoms with Crippen LogP contribution in [0.4, 0.5) is 0 Å². The summed E-state index contributed by atoms with van der Waals surface area (Å²) < 4.78 is 21.4. The van der Waals surface area contributed by atoms with Crippen molar-refractivity contribution in [3.05, 3.63) is 35.4 Å². The Labute approximate surface area is 115 Å². The number of benzene rings is 1. The fraction of sp³-hybridized carbons (Fsp3) is 0.571. The van der Waals surface area contributed by atoms with E-state index >= 15 is 0 Å². The van der Waals surface area contributed by atoms with Crippen LogP contribution in [0.2, 0.25) is 0 Å². The van der Waals surface area contributed by atoms with Crippen LogP contribution in [-0.2, 0) is 15.5 Å². The minimum Gasteiger partial charge on any atom is -0.212 e. The van der Waals surface area contributed by atoms with Gasteiger partial charge in [-0.25, -0.2) is 8.42 Å². The number of hydrogen-bond acceptors (Lipinski definition) is 2. The third-order valence-corrected chi connectivity index (χ3v) is 4.21. The van der Waals surface area contributed by atoms with Gasteiger partial charge in [-0.3, -0.25) is 0 Å². The lowest BCUT2D eigenvalue weighted by Crippen LogP contribution is -1.96. The summed E-state index contributed by atoms with van der Waals surface area (Å²) in [5, 5.41) is 0. The molecular formula is C14H21ClO2S. The Bertz CT molecular complexity index is 437. The minimum absolute atomic E-state index is 0.104. The Morgan fingerprint density at radius 1 is 0.944 bits per heavy atom. The highest BCUT2D eigenvalue weighted by atomic mass is 35.7. The zero-order valence-electron chi connectivity index (χ0n) is 10.9. The van der Waals surface area contributed by atoms with Crippen molar-refractivity contribution in [1.29, 1.82) is 0 Å². The fourth-order valence-corrected chi connectivity index (χ4v) is 2.76. The van der Waals surface area contributed by atoms with Crippen molar-refractivity contribution >= 4 is 19.7 Å². The van der Waals surface area contributed by atoms with Gasteiger partial charge in [0.15, 0.2) is 0 Å². The molecule has 0 unspecified atom stereocenters. The van der Waals surface area contributed by atoms with Crippen LogP contribution in [0.1, 0.15) is 43.2 Å². The first-order chi connectivity index (χ1) is 8.47. The van der Waals surface area contributed by atoms with Crippen LogP contribution in [-0.4, -0.2) is 14.2 Å². The van der Waals surface area contributed by atoms with E-state index in [4.69, 9.17) is 10.7 Å². The molecule has 0 saturated heterocycles. The second kappa shape index (κ2) is 7.80. The summed E-state index contributed by atoms with van der Waals surface area (Å²) in [6.45, 7) is 2.09. The van der Waals surface area contributed by atoms with E-state index in [2.05, 4.69) is 31.2 Å². The van der Waals surface area contributed by atoms with E-state index in [0.29, 0.717) is 6.42 Å². The maximum absolute atomic E-state index is 10.7. The monoisotopic (exact) mass is 288 g/mol. The molecule has 1 rings (SSSR count). The van der Waals surface area contributed by atoms with Crippen LogP contribution < -0.4 is 0 Å². The standard InChI is InChI=1S/C14H21ClO2S/c1-13-8-10-14(11-9-13)7-5-3-2-4-6-12-18(15,16)17/h8-11H,2-7,12H2,1H3. The van der Waals surface area contributed by atoms with E-state index in [-0.39, 0.29) is 5.75 Å². The van der Waals surface area contributed by atoms with Crippen LogP contribution in [0.5, 0.6) is 0 Å². The number of aryl methyl sites for hydroxylation is 2. The normalized spacial score (nSPS) is 11.7. The zero-order valence-corrected chi connectivity index (χ0v) is 12.4. The molecule has 18 heavy (non-hydrogen) atoms. The van der Waals surface area contributed by atoms with Crippen molar-refractivity contribution in [1.82, 2.24) is 0 Å². The highest BCUT2D eigenvalue weighted by Gasteiger charge is 2.03. The smallest absolute Gasteiger partial charge is 0.212 e. The van der Waals surface area contributed by atoms with Crippen LogP contribution >= 0.6 is 10.7 Å². The second-order valence-electron chi connectivity index (χ2n) is 4.75. The quantitative estimate of drug-likeness (QED) is 0.534. The molecule has 1 aromatic carbocycles. The Morgan fingerprint density at radius 2 is 1.50 bits per heavy atom. The van der Waals surface area contributed by atoms with E-state index < -0.39 is 9.05 Å². The van der Waals surface area contributed by atoms with E-state index in [0.717, 1.165) is 32.1 Å². The maximum Gasteiger partial charge on any atom is 0.232 e. The van der Waals surface area contributed by atoms with Crippen molar-refractivity contribution in [2.75, 3.05) is 5.75 Å². The summed E-state index contributed by atoms with van der Waals surface area (Å²) in [5.41, 5.74) is 2.67. The molecule has 0 aliphatic heterocycles. The van der Waals surface area contributed by atoms with Gasteiger partial charge in [-0.1, -0.05) is 49.1 Å². The van der Waals surface area contributed by atoms with Crippen molar-refractivity contribution in [2.45, 2.75) is 45.4 Å². The summed E-state index contributed by atoms with van der Waals surface area (Å²) >= 11 is 0. The summed E-state index contributed by atoms with van der Waals surface area (Å²) in [5.74, 6) is 0.104. The zero-order chi connectivity index (χ0) is 13.4. The molecule has 0 atom stereocenters. The van der Waals surface area contributed by atoms with E-state index in [1.54, 1.807) is 0 Å². The number of rotatable bonds is 8. The van der Waals surface area contributed by atoms with Gasteiger partial charge in [0.1, 0.15) is 0 Å². The van der Waals surface area contributed by atoms with Crippen LogP contribution in [0.25, 0.3) is 0 Å². The molecule has 0 spiro atoms. The molecule has 102 valence electrons. The van der Waals surface area contributed by atoms with Crippen molar-refractivity contribution in [3.63, 3.8) is 0 Å². The first-order valence-corrected chi connectivity index (χ1v) is 8.93. The molecule has 0 amide bonds. The van der Waals surface area contributed by atoms with Gasteiger partial charge in [0.2, 0.25) is 9.05 Å². The largest absolute Gasteiger partial charge is 0.232 e. The third-order valence-electron chi connectivity index (χ3n) is 2.97. The van der Waals surface area contributed by atoms with Gasteiger partial charge in [0.05, 0.1) is 5.75 Å². The molecule has 0 radical (unpaired) electrons. The Balaban J connectivity index is 2.04. The first-order valence-electron chi connectivity index (χ1n) is 6.45. The van der Waals surface area contributed by atoms with E-state index in [1.807, 2.05) is 0 Å². The predicted octanol–water partition coefficient (Wildman–Crippen LogP) is 4.06. The predicted molar refractivity (Wildman–Crippen MR) is 77.6 cm³/mol. The first kappa shape index (κ1) is 15.5. The Kier molecular flexibility index (Phi) is 6.72. The lowest BCUT2D eigenvalue weighted by Gasteiger charge is -2.02. The summed E-state index contributed by atoms with van der Waals surface area (Å²) in [7, 11) is 1.85. The van der Waals surface area contributed by atoms with Gasteiger partial charge in [0, 0.05) is 10.7 Å². The number of hydrogen-bond donors (Lipinski definition) is 0. The minimum atomic E-state index is -3.29. The molecule has 0 N–H and O–H groups in total. The third kappa shape index (κ3) is 7.72. The number of unbranched alkanes of at least 4 members (excludes halogenated alkanes) is 4. The molecule has 4 heteroatoms. The number of halogens is 1. The molecule has 0 fully saturated rings. The van der Waals surface area contributed by atoms with Gasteiger partial charge in [-0.2, -0.15) is 0 Å². The van der Waals surface area contributed by atoms with Crippen LogP contribution in [0.3, 0.4) is 0 Å². The van der Waals surface area contributed by atoms with Crippen molar-refractivity contribution < 1.29 is 8.42 Å². The maximum atomic E-state index is 10.7. The topological polar surface area (TPSA) is 34.1 Å². The molecule has 0 aromatic heterocycles. The van der Waals surface area contributed by atoms with Gasteiger partial charge < -0.3 is 0 Å². The highest BCUT2D eigenvalue weighted by Crippen LogP contribution is 2.11. The van der Waals surface area contributed by atoms with Gasteiger partial charge in [-0.15, -0.1) is 0 Å². The Hall–Kier alpha value is -0.540. The average molecular weight is 289 g/mol. The van der Waals surface area contributed by atoms with Crippen LogP contribution in [0, 0.1) is 6.92 Å². The van der Waals surface area contributed by atoms with Crippen LogP contribution in [0.15, 0.2) is 24.3 Å². The van der Waals surface area contributed by atoms with E-state index in [9.17, 15) is 8.42 Å². The van der Waals surface area contributed by atoms with Gasteiger partial charge in [-0.05, 0) is 31.7 Å². The van der Waals surface area contributed by atoms with Crippen molar-refractivity contribution in [3.8, 4) is 0 Å². The lowest BCUT2D eigenvalue weighted by atomic mass is 10.0. The molecule has 0 saturated carbocycles. The van der Waals surface area contributed by atoms with E-state index in [1.165, 1.54) is 11.1 Å². The molecule has 0 aliphatic rings. The van der Waals surface area contributed by atoms with Gasteiger partial charge >= 0.3 is 0 Å². The molecule has 2 nitrogen and oxygen atoms in total. The highest BCUT2D eigenvalue weighted by molar-refractivity contribution is 8.13. The van der Waals surface area contributed by atoms with Crippen molar-refractivity contribution in [2.24, 2.45) is 0 Å². The Morgan fingerprint density at radius 3 is 2.11 bits per heavy atom. The molecule has 0 heterocycles. The second-order valence-corrected chi connectivity index (χ2v) is 7.64. The SMILES string of the molecule is Cc1ccc(CCCCCCCS(=O)(=O)Cl)cc1. The summed E-state index contributed by atoms with van der Waals surface area (Å²) in [6, 6.07) is 8.63.